The molecule has 1 aromatic carbocycles. The molecule has 8 nitrogen and oxygen atoms in total. The van der Waals surface area contributed by atoms with Crippen molar-refractivity contribution in [2.45, 2.75) is 30.6 Å². The second kappa shape index (κ2) is 6.52. The molecular formula is C19H22N6O2S. The fourth-order valence-corrected chi connectivity index (χ4v) is 5.10. The van der Waals surface area contributed by atoms with Crippen molar-refractivity contribution in [2.75, 3.05) is 31.1 Å². The molecule has 0 radical (unpaired) electrons. The minimum absolute atomic E-state index is 0.346. The van der Waals surface area contributed by atoms with E-state index in [9.17, 15) is 8.42 Å². The average Bonchev–Trinajstić information content (AvgIpc) is 3.46. The quantitative estimate of drug-likeness (QED) is 0.667. The van der Waals surface area contributed by atoms with Crippen LogP contribution in [0, 0.1) is 6.92 Å². The van der Waals surface area contributed by atoms with Crippen molar-refractivity contribution >= 4 is 21.5 Å². The molecule has 9 heteroatoms. The van der Waals surface area contributed by atoms with Crippen LogP contribution in [0.5, 0.6) is 0 Å². The van der Waals surface area contributed by atoms with Crippen molar-refractivity contribution in [1.82, 2.24) is 23.9 Å². The Morgan fingerprint density at radius 2 is 1.71 bits per heavy atom. The molecule has 2 aromatic heterocycles. The summed E-state index contributed by atoms with van der Waals surface area (Å²) in [6, 6.07) is 7.01. The first-order valence-electron chi connectivity index (χ1n) is 9.55. The summed E-state index contributed by atoms with van der Waals surface area (Å²) >= 11 is 0. The Kier molecular flexibility index (Phi) is 4.09. The van der Waals surface area contributed by atoms with E-state index in [2.05, 4.69) is 20.1 Å². The largest absolute Gasteiger partial charge is 0.351 e. The van der Waals surface area contributed by atoms with Crippen LogP contribution in [0.15, 0.2) is 41.6 Å². The Bertz CT molecular complexity index is 1110. The highest BCUT2D eigenvalue weighted by Gasteiger charge is 2.32. The van der Waals surface area contributed by atoms with E-state index in [4.69, 9.17) is 0 Å². The SMILES string of the molecule is Cc1ccc(S(=O)(=O)N2CCN(c3nccn4c(C5CC5)nnc34)CC2)cc1. The second-order valence-electron chi connectivity index (χ2n) is 7.48. The molecule has 3 heterocycles. The zero-order valence-corrected chi connectivity index (χ0v) is 16.5. The van der Waals surface area contributed by atoms with Crippen LogP contribution < -0.4 is 4.90 Å². The molecule has 2 fully saturated rings. The molecule has 0 spiro atoms. The van der Waals surface area contributed by atoms with E-state index in [0.29, 0.717) is 37.0 Å². The summed E-state index contributed by atoms with van der Waals surface area (Å²) in [5, 5.41) is 8.71. The molecule has 0 bridgehead atoms. The number of hydrogen-bond donors (Lipinski definition) is 0. The summed E-state index contributed by atoms with van der Waals surface area (Å²) in [6.45, 7) is 3.93. The molecule has 5 rings (SSSR count). The first-order valence-corrected chi connectivity index (χ1v) is 11.0. The number of aryl methyl sites for hydroxylation is 1. The van der Waals surface area contributed by atoms with Gasteiger partial charge >= 0.3 is 0 Å². The Balaban J connectivity index is 1.36. The van der Waals surface area contributed by atoms with E-state index < -0.39 is 10.0 Å². The van der Waals surface area contributed by atoms with Crippen molar-refractivity contribution in [3.8, 4) is 0 Å². The predicted octanol–water partition coefficient (Wildman–Crippen LogP) is 1.82. The third-order valence-corrected chi connectivity index (χ3v) is 7.39. The lowest BCUT2D eigenvalue weighted by atomic mass is 10.2. The minimum Gasteiger partial charge on any atom is -0.351 e. The molecule has 3 aromatic rings. The standard InChI is InChI=1S/C19H22N6O2S/c1-14-2-6-16(7-3-14)28(26,27)24-12-10-23(11-13-24)18-19-22-21-17(15-4-5-15)25(19)9-8-20-18/h2-3,6-9,15H,4-5,10-13H2,1H3. The average molecular weight is 398 g/mol. The Morgan fingerprint density at radius 1 is 1.00 bits per heavy atom. The van der Waals surface area contributed by atoms with Gasteiger partial charge in [-0.15, -0.1) is 10.2 Å². The number of anilines is 1. The maximum Gasteiger partial charge on any atom is 0.243 e. The number of piperazine rings is 1. The Morgan fingerprint density at radius 3 is 2.39 bits per heavy atom. The molecule has 146 valence electrons. The fourth-order valence-electron chi connectivity index (χ4n) is 3.67. The van der Waals surface area contributed by atoms with Gasteiger partial charge in [-0.2, -0.15) is 4.31 Å². The second-order valence-corrected chi connectivity index (χ2v) is 9.42. The molecule has 1 aliphatic carbocycles. The van der Waals surface area contributed by atoms with Crippen LogP contribution in [0.2, 0.25) is 0 Å². The van der Waals surface area contributed by atoms with Gasteiger partial charge in [0.2, 0.25) is 15.7 Å². The molecular weight excluding hydrogens is 376 g/mol. The lowest BCUT2D eigenvalue weighted by Crippen LogP contribution is -2.49. The first kappa shape index (κ1) is 17.6. The molecule has 1 saturated heterocycles. The summed E-state index contributed by atoms with van der Waals surface area (Å²) in [4.78, 5) is 6.96. The van der Waals surface area contributed by atoms with E-state index in [0.717, 1.165) is 35.7 Å². The lowest BCUT2D eigenvalue weighted by molar-refractivity contribution is 0.384. The van der Waals surface area contributed by atoms with Gasteiger partial charge in [0.05, 0.1) is 4.90 Å². The number of benzene rings is 1. The van der Waals surface area contributed by atoms with Crippen molar-refractivity contribution in [3.05, 3.63) is 48.0 Å². The molecule has 1 saturated carbocycles. The van der Waals surface area contributed by atoms with Gasteiger partial charge in [-0.3, -0.25) is 4.40 Å². The summed E-state index contributed by atoms with van der Waals surface area (Å²) in [5.41, 5.74) is 1.79. The van der Waals surface area contributed by atoms with Gasteiger partial charge in [0.15, 0.2) is 5.82 Å². The molecule has 28 heavy (non-hydrogen) atoms. The molecule has 2 aliphatic rings. The van der Waals surface area contributed by atoms with Crippen LogP contribution in [0.4, 0.5) is 5.82 Å². The van der Waals surface area contributed by atoms with E-state index in [-0.39, 0.29) is 0 Å². The topological polar surface area (TPSA) is 83.7 Å². The zero-order valence-electron chi connectivity index (χ0n) is 15.7. The molecule has 0 atom stereocenters. The predicted molar refractivity (Wildman–Crippen MR) is 105 cm³/mol. The van der Waals surface area contributed by atoms with E-state index in [1.54, 1.807) is 22.6 Å². The minimum atomic E-state index is -3.47. The summed E-state index contributed by atoms with van der Waals surface area (Å²) in [5.74, 6) is 2.27. The van der Waals surface area contributed by atoms with Gasteiger partial charge in [-0.25, -0.2) is 13.4 Å². The Hall–Kier alpha value is -2.52. The third kappa shape index (κ3) is 2.94. The third-order valence-electron chi connectivity index (χ3n) is 5.47. The van der Waals surface area contributed by atoms with Gasteiger partial charge in [0, 0.05) is 44.5 Å². The van der Waals surface area contributed by atoms with Crippen LogP contribution >= 0.6 is 0 Å². The van der Waals surface area contributed by atoms with Crippen LogP contribution in [0.1, 0.15) is 30.1 Å². The van der Waals surface area contributed by atoms with Gasteiger partial charge in [-0.1, -0.05) is 17.7 Å². The highest BCUT2D eigenvalue weighted by Crippen LogP contribution is 2.39. The van der Waals surface area contributed by atoms with Crippen molar-refractivity contribution in [3.63, 3.8) is 0 Å². The zero-order chi connectivity index (χ0) is 19.3. The maximum atomic E-state index is 12.9. The van der Waals surface area contributed by atoms with E-state index in [1.807, 2.05) is 29.7 Å². The lowest BCUT2D eigenvalue weighted by Gasteiger charge is -2.34. The van der Waals surface area contributed by atoms with E-state index in [1.165, 1.54) is 0 Å². The number of nitrogens with zero attached hydrogens (tertiary/aromatic N) is 6. The fraction of sp³-hybridized carbons (Fsp3) is 0.421. The summed E-state index contributed by atoms with van der Waals surface area (Å²) < 4.78 is 29.4. The van der Waals surface area contributed by atoms with E-state index >= 15 is 0 Å². The summed E-state index contributed by atoms with van der Waals surface area (Å²) in [6.07, 6.45) is 6.00. The van der Waals surface area contributed by atoms with Gasteiger partial charge in [-0.05, 0) is 31.9 Å². The normalized spacial score (nSPS) is 18.7. The molecule has 0 amide bonds. The van der Waals surface area contributed by atoms with Crippen LogP contribution in [0.25, 0.3) is 5.65 Å². The highest BCUT2D eigenvalue weighted by atomic mass is 32.2. The highest BCUT2D eigenvalue weighted by molar-refractivity contribution is 7.89. The van der Waals surface area contributed by atoms with Crippen molar-refractivity contribution < 1.29 is 8.42 Å². The monoisotopic (exact) mass is 398 g/mol. The number of fused-ring (bicyclic) bond motifs is 1. The first-order chi connectivity index (χ1) is 13.5. The number of sulfonamides is 1. The number of rotatable bonds is 4. The molecule has 1 aliphatic heterocycles. The van der Waals surface area contributed by atoms with Crippen LogP contribution in [-0.2, 0) is 10.0 Å². The van der Waals surface area contributed by atoms with Gasteiger partial charge < -0.3 is 4.90 Å². The smallest absolute Gasteiger partial charge is 0.243 e. The number of hydrogen-bond acceptors (Lipinski definition) is 6. The number of aromatic nitrogens is 4. The van der Waals surface area contributed by atoms with Crippen molar-refractivity contribution in [2.24, 2.45) is 0 Å². The molecule has 0 unspecified atom stereocenters. The maximum absolute atomic E-state index is 12.9. The van der Waals surface area contributed by atoms with Gasteiger partial charge in [0.1, 0.15) is 5.82 Å². The van der Waals surface area contributed by atoms with Crippen LogP contribution in [-0.4, -0.2) is 58.5 Å². The molecule has 0 N–H and O–H groups in total. The Labute approximate surface area is 163 Å². The van der Waals surface area contributed by atoms with Gasteiger partial charge in [0.25, 0.3) is 0 Å². The van der Waals surface area contributed by atoms with Crippen LogP contribution in [0.3, 0.4) is 0 Å². The summed E-state index contributed by atoms with van der Waals surface area (Å²) in [7, 11) is -3.47. The van der Waals surface area contributed by atoms with Crippen molar-refractivity contribution in [1.29, 1.82) is 0 Å².